The van der Waals surface area contributed by atoms with Crippen molar-refractivity contribution in [1.82, 2.24) is 0 Å². The van der Waals surface area contributed by atoms with E-state index < -0.39 is 16.0 Å². The predicted molar refractivity (Wildman–Crippen MR) is 123 cm³/mol. The van der Waals surface area contributed by atoms with Crippen LogP contribution < -0.4 is 9.04 Å². The highest BCUT2D eigenvalue weighted by atomic mass is 79.9. The third-order valence-corrected chi connectivity index (χ3v) is 7.12. The highest BCUT2D eigenvalue weighted by Gasteiger charge is 2.26. The zero-order valence-electron chi connectivity index (χ0n) is 17.3. The van der Waals surface area contributed by atoms with Crippen molar-refractivity contribution in [3.63, 3.8) is 0 Å². The minimum atomic E-state index is -3.89. The monoisotopic (exact) mass is 503 g/mol. The second kappa shape index (κ2) is 9.53. The second-order valence-corrected chi connectivity index (χ2v) is 9.55. The Morgan fingerprint density at radius 3 is 2.16 bits per heavy atom. The molecule has 31 heavy (non-hydrogen) atoms. The maximum atomic E-state index is 13.6. The van der Waals surface area contributed by atoms with Crippen molar-refractivity contribution < 1.29 is 22.7 Å². The Balaban J connectivity index is 2.03. The number of methoxy groups -OCH3 is 2. The van der Waals surface area contributed by atoms with E-state index in [1.54, 1.807) is 42.5 Å². The van der Waals surface area contributed by atoms with Gasteiger partial charge in [0, 0.05) is 0 Å². The molecule has 0 radical (unpaired) electrons. The van der Waals surface area contributed by atoms with E-state index in [0.29, 0.717) is 21.5 Å². The zero-order valence-corrected chi connectivity index (χ0v) is 19.7. The minimum absolute atomic E-state index is 0.0937. The number of sulfonamides is 1. The molecule has 0 aromatic heterocycles. The molecular weight excluding hydrogens is 482 g/mol. The lowest BCUT2D eigenvalue weighted by Crippen LogP contribution is -2.30. The van der Waals surface area contributed by atoms with Crippen LogP contribution in [0.3, 0.4) is 0 Å². The Kier molecular flexibility index (Phi) is 7.02. The number of halogens is 1. The van der Waals surface area contributed by atoms with Gasteiger partial charge in [-0.05, 0) is 70.9 Å². The topological polar surface area (TPSA) is 72.9 Å². The molecule has 0 atom stereocenters. The molecule has 3 aromatic rings. The molecule has 6 nitrogen and oxygen atoms in total. The fourth-order valence-electron chi connectivity index (χ4n) is 2.99. The molecule has 0 saturated carbocycles. The first kappa shape index (κ1) is 22.8. The molecule has 0 bridgehead atoms. The number of nitrogens with zero attached hydrogens (tertiary/aromatic N) is 1. The van der Waals surface area contributed by atoms with Crippen LogP contribution in [0.15, 0.2) is 76.1 Å². The van der Waals surface area contributed by atoms with Crippen molar-refractivity contribution in [2.45, 2.75) is 18.4 Å². The summed E-state index contributed by atoms with van der Waals surface area (Å²) in [5.74, 6) is 0.0943. The molecule has 0 fully saturated rings. The van der Waals surface area contributed by atoms with E-state index in [1.807, 2.05) is 19.1 Å². The van der Waals surface area contributed by atoms with Gasteiger partial charge in [0.1, 0.15) is 5.75 Å². The Labute approximate surface area is 190 Å². The number of hydrogen-bond acceptors (Lipinski definition) is 5. The van der Waals surface area contributed by atoms with Gasteiger partial charge in [0.15, 0.2) is 0 Å². The highest BCUT2D eigenvalue weighted by molar-refractivity contribution is 9.10. The van der Waals surface area contributed by atoms with Gasteiger partial charge in [-0.25, -0.2) is 13.2 Å². The van der Waals surface area contributed by atoms with Crippen molar-refractivity contribution in [3.05, 3.63) is 87.9 Å². The molecule has 0 aliphatic rings. The number of hydrogen-bond donors (Lipinski definition) is 0. The van der Waals surface area contributed by atoms with Crippen molar-refractivity contribution in [2.24, 2.45) is 0 Å². The normalized spacial score (nSPS) is 11.1. The standard InChI is InChI=1S/C23H22BrNO5S/c1-16-4-10-19(11-5-16)25(15-17-6-8-18(9-7-17)23(26)30-3)31(27,28)20-12-13-22(29-2)21(24)14-20/h4-14H,15H2,1-3H3. The summed E-state index contributed by atoms with van der Waals surface area (Å²) < 4.78 is 39.0. The van der Waals surface area contributed by atoms with Crippen molar-refractivity contribution in [1.29, 1.82) is 0 Å². The number of anilines is 1. The van der Waals surface area contributed by atoms with E-state index in [1.165, 1.54) is 30.7 Å². The summed E-state index contributed by atoms with van der Waals surface area (Å²) in [6.07, 6.45) is 0. The number of rotatable bonds is 7. The van der Waals surface area contributed by atoms with Crippen LogP contribution in [-0.2, 0) is 21.3 Å². The molecule has 3 rings (SSSR count). The third kappa shape index (κ3) is 5.08. The lowest BCUT2D eigenvalue weighted by Gasteiger charge is -2.25. The van der Waals surface area contributed by atoms with Gasteiger partial charge in [-0.15, -0.1) is 0 Å². The summed E-state index contributed by atoms with van der Waals surface area (Å²) in [7, 11) is -1.05. The average Bonchev–Trinajstić information content (AvgIpc) is 2.78. The molecule has 0 amide bonds. The van der Waals surface area contributed by atoms with Gasteiger partial charge in [-0.1, -0.05) is 29.8 Å². The van der Waals surface area contributed by atoms with Crippen molar-refractivity contribution in [2.75, 3.05) is 18.5 Å². The van der Waals surface area contributed by atoms with Crippen LogP contribution >= 0.6 is 15.9 Å². The van der Waals surface area contributed by atoms with E-state index >= 15 is 0 Å². The quantitative estimate of drug-likeness (QED) is 0.426. The Hall–Kier alpha value is -2.84. The van der Waals surface area contributed by atoms with Crippen LogP contribution in [0.1, 0.15) is 21.5 Å². The van der Waals surface area contributed by atoms with Crippen LogP contribution in [0.2, 0.25) is 0 Å². The summed E-state index contributed by atoms with van der Waals surface area (Å²) in [4.78, 5) is 11.8. The van der Waals surface area contributed by atoms with E-state index in [4.69, 9.17) is 9.47 Å². The minimum Gasteiger partial charge on any atom is -0.496 e. The third-order valence-electron chi connectivity index (χ3n) is 4.73. The van der Waals surface area contributed by atoms with Gasteiger partial charge in [0.05, 0.1) is 41.4 Å². The first-order valence-electron chi connectivity index (χ1n) is 9.36. The summed E-state index contributed by atoms with van der Waals surface area (Å²) in [6, 6.07) is 18.6. The van der Waals surface area contributed by atoms with Crippen LogP contribution in [0.25, 0.3) is 0 Å². The lowest BCUT2D eigenvalue weighted by molar-refractivity contribution is 0.0600. The number of ether oxygens (including phenoxy) is 2. The Bertz CT molecular complexity index is 1180. The molecule has 0 aliphatic heterocycles. The summed E-state index contributed by atoms with van der Waals surface area (Å²) >= 11 is 3.36. The van der Waals surface area contributed by atoms with Gasteiger partial charge in [-0.3, -0.25) is 4.31 Å². The van der Waals surface area contributed by atoms with Gasteiger partial charge >= 0.3 is 5.97 Å². The van der Waals surface area contributed by atoms with E-state index in [0.717, 1.165) is 11.1 Å². The molecule has 0 spiro atoms. The number of carbonyl (C=O) groups excluding carboxylic acids is 1. The zero-order chi connectivity index (χ0) is 22.6. The van der Waals surface area contributed by atoms with Crippen LogP contribution in [-0.4, -0.2) is 28.6 Å². The van der Waals surface area contributed by atoms with Crippen LogP contribution in [0.4, 0.5) is 5.69 Å². The van der Waals surface area contributed by atoms with E-state index in [-0.39, 0.29) is 11.4 Å². The highest BCUT2D eigenvalue weighted by Crippen LogP contribution is 2.31. The van der Waals surface area contributed by atoms with Crippen LogP contribution in [0, 0.1) is 6.92 Å². The largest absolute Gasteiger partial charge is 0.496 e. The maximum absolute atomic E-state index is 13.6. The number of esters is 1. The molecule has 0 N–H and O–H groups in total. The maximum Gasteiger partial charge on any atom is 0.337 e. The first-order chi connectivity index (χ1) is 14.8. The molecule has 0 unspecified atom stereocenters. The van der Waals surface area contributed by atoms with E-state index in [9.17, 15) is 13.2 Å². The smallest absolute Gasteiger partial charge is 0.337 e. The van der Waals surface area contributed by atoms with Gasteiger partial charge < -0.3 is 9.47 Å². The predicted octanol–water partition coefficient (Wildman–Crippen LogP) is 4.95. The van der Waals surface area contributed by atoms with Gasteiger partial charge in [0.25, 0.3) is 10.0 Å². The fraction of sp³-hybridized carbons (Fsp3) is 0.174. The summed E-state index contributed by atoms with van der Waals surface area (Å²) in [6.45, 7) is 2.03. The van der Waals surface area contributed by atoms with Gasteiger partial charge in [-0.2, -0.15) is 0 Å². The lowest BCUT2D eigenvalue weighted by atomic mass is 10.1. The molecule has 3 aromatic carbocycles. The Morgan fingerprint density at radius 2 is 1.61 bits per heavy atom. The van der Waals surface area contributed by atoms with Crippen molar-refractivity contribution >= 4 is 37.6 Å². The van der Waals surface area contributed by atoms with Gasteiger partial charge in [0.2, 0.25) is 0 Å². The number of carbonyl (C=O) groups is 1. The molecule has 0 aliphatic carbocycles. The molecular formula is C23H22BrNO5S. The number of benzene rings is 3. The summed E-state index contributed by atoms with van der Waals surface area (Å²) in [5.41, 5.74) is 2.68. The molecule has 162 valence electrons. The van der Waals surface area contributed by atoms with E-state index in [2.05, 4.69) is 15.9 Å². The Morgan fingerprint density at radius 1 is 0.968 bits per heavy atom. The first-order valence-corrected chi connectivity index (χ1v) is 11.6. The fourth-order valence-corrected chi connectivity index (χ4v) is 5.16. The second-order valence-electron chi connectivity index (χ2n) is 6.83. The molecule has 0 saturated heterocycles. The van der Waals surface area contributed by atoms with Crippen molar-refractivity contribution in [3.8, 4) is 5.75 Å². The van der Waals surface area contributed by atoms with Crippen LogP contribution in [0.5, 0.6) is 5.75 Å². The SMILES string of the molecule is COC(=O)c1ccc(CN(c2ccc(C)cc2)S(=O)(=O)c2ccc(OC)c(Br)c2)cc1. The molecule has 0 heterocycles. The number of aryl methyl sites for hydroxylation is 1. The summed E-state index contributed by atoms with van der Waals surface area (Å²) in [5, 5.41) is 0. The average molecular weight is 504 g/mol. The molecule has 8 heteroatoms.